The molecule has 13 heavy (non-hydrogen) atoms. The normalized spacial score (nSPS) is 36.5. The van der Waals surface area contributed by atoms with Crippen molar-refractivity contribution < 1.29 is 9.50 Å². The Balaban J connectivity index is 1.86. The summed E-state index contributed by atoms with van der Waals surface area (Å²) in [6.45, 7) is 2.99. The van der Waals surface area contributed by atoms with E-state index in [2.05, 4.69) is 10.2 Å². The molecule has 2 N–H and O–H groups in total. The van der Waals surface area contributed by atoms with Crippen LogP contribution in [-0.4, -0.2) is 55.0 Å². The summed E-state index contributed by atoms with van der Waals surface area (Å²) in [6, 6.07) is 0.543. The van der Waals surface area contributed by atoms with Crippen molar-refractivity contribution in [2.75, 3.05) is 32.9 Å². The summed E-state index contributed by atoms with van der Waals surface area (Å²) in [7, 11) is 0. The van der Waals surface area contributed by atoms with E-state index in [1.165, 1.54) is 6.42 Å². The van der Waals surface area contributed by atoms with Crippen LogP contribution in [0.1, 0.15) is 6.42 Å². The van der Waals surface area contributed by atoms with Gasteiger partial charge in [-0.05, 0) is 25.4 Å². The van der Waals surface area contributed by atoms with E-state index < -0.39 is 12.8 Å². The van der Waals surface area contributed by atoms with Crippen LogP contribution < -0.4 is 5.32 Å². The predicted molar refractivity (Wildman–Crippen MR) is 48.3 cm³/mol. The van der Waals surface area contributed by atoms with E-state index in [0.717, 1.165) is 25.6 Å². The Morgan fingerprint density at radius 3 is 3.15 bits per heavy atom. The van der Waals surface area contributed by atoms with Crippen LogP contribution in [0.3, 0.4) is 0 Å². The Morgan fingerprint density at radius 2 is 2.38 bits per heavy atom. The van der Waals surface area contributed by atoms with Gasteiger partial charge in [-0.3, -0.25) is 4.90 Å². The maximum Gasteiger partial charge on any atom is 0.117 e. The fourth-order valence-corrected chi connectivity index (χ4v) is 2.48. The van der Waals surface area contributed by atoms with Crippen LogP contribution in [0, 0.1) is 5.92 Å². The maximum atomic E-state index is 12.1. The highest BCUT2D eigenvalue weighted by atomic mass is 19.1. The molecule has 2 fully saturated rings. The lowest BCUT2D eigenvalue weighted by atomic mass is 10.1. The molecule has 2 rings (SSSR count). The number of fused-ring (bicyclic) bond motifs is 1. The van der Waals surface area contributed by atoms with Gasteiger partial charge in [0.15, 0.2) is 0 Å². The molecule has 0 spiro atoms. The summed E-state index contributed by atoms with van der Waals surface area (Å²) in [6.07, 6.45) is 0.399. The smallest absolute Gasteiger partial charge is 0.117 e. The van der Waals surface area contributed by atoms with Gasteiger partial charge in [0.05, 0.1) is 6.10 Å². The van der Waals surface area contributed by atoms with Crippen molar-refractivity contribution in [3.05, 3.63) is 0 Å². The quantitative estimate of drug-likeness (QED) is 0.633. The molecule has 76 valence electrons. The van der Waals surface area contributed by atoms with Crippen molar-refractivity contribution >= 4 is 0 Å². The SMILES string of the molecule is OC(CF)CN1CC[C@H]2CNC[C@H]21. The van der Waals surface area contributed by atoms with Gasteiger partial charge in [-0.2, -0.15) is 0 Å². The van der Waals surface area contributed by atoms with E-state index in [1.807, 2.05) is 0 Å². The zero-order valence-corrected chi connectivity index (χ0v) is 7.75. The van der Waals surface area contributed by atoms with Crippen molar-refractivity contribution in [1.82, 2.24) is 10.2 Å². The van der Waals surface area contributed by atoms with Gasteiger partial charge in [0.25, 0.3) is 0 Å². The molecule has 0 radical (unpaired) electrons. The largest absolute Gasteiger partial charge is 0.389 e. The Kier molecular flexibility index (Phi) is 2.81. The van der Waals surface area contributed by atoms with E-state index in [0.29, 0.717) is 12.6 Å². The van der Waals surface area contributed by atoms with Crippen LogP contribution in [-0.2, 0) is 0 Å². The maximum absolute atomic E-state index is 12.1. The van der Waals surface area contributed by atoms with Gasteiger partial charge in [0.1, 0.15) is 6.67 Å². The fourth-order valence-electron chi connectivity index (χ4n) is 2.48. The van der Waals surface area contributed by atoms with Gasteiger partial charge >= 0.3 is 0 Å². The predicted octanol–water partition coefficient (Wildman–Crippen LogP) is -0.389. The van der Waals surface area contributed by atoms with E-state index in [1.54, 1.807) is 0 Å². The first-order valence-corrected chi connectivity index (χ1v) is 5.00. The summed E-state index contributed by atoms with van der Waals surface area (Å²) in [4.78, 5) is 2.22. The standard InChI is InChI=1S/C9H17FN2O/c10-3-8(13)6-12-2-1-7-4-11-5-9(7)12/h7-9,11,13H,1-6H2/t7-,8?,9+/m0/s1. The minimum Gasteiger partial charge on any atom is -0.389 e. The average molecular weight is 188 g/mol. The summed E-state index contributed by atoms with van der Waals surface area (Å²) in [5.41, 5.74) is 0. The average Bonchev–Trinajstić information content (AvgIpc) is 2.69. The zero-order valence-electron chi connectivity index (χ0n) is 7.75. The molecule has 4 heteroatoms. The van der Waals surface area contributed by atoms with Crippen LogP contribution in [0.2, 0.25) is 0 Å². The zero-order chi connectivity index (χ0) is 9.26. The molecular formula is C9H17FN2O. The molecule has 0 aromatic heterocycles. The number of β-amino-alcohol motifs (C(OH)–C–C–N with tert-alkyl or cyclic N) is 1. The third-order valence-electron chi connectivity index (χ3n) is 3.18. The van der Waals surface area contributed by atoms with Crippen molar-refractivity contribution in [2.45, 2.75) is 18.6 Å². The van der Waals surface area contributed by atoms with Crippen molar-refractivity contribution in [3.63, 3.8) is 0 Å². The van der Waals surface area contributed by atoms with Crippen LogP contribution in [0.15, 0.2) is 0 Å². The molecular weight excluding hydrogens is 171 g/mol. The van der Waals surface area contributed by atoms with E-state index in [4.69, 9.17) is 0 Å². The van der Waals surface area contributed by atoms with Gasteiger partial charge in [0, 0.05) is 19.1 Å². The third kappa shape index (κ3) is 1.85. The van der Waals surface area contributed by atoms with Crippen LogP contribution in [0.25, 0.3) is 0 Å². The van der Waals surface area contributed by atoms with E-state index in [9.17, 15) is 9.50 Å². The van der Waals surface area contributed by atoms with Crippen LogP contribution in [0.5, 0.6) is 0 Å². The van der Waals surface area contributed by atoms with E-state index >= 15 is 0 Å². The lowest BCUT2D eigenvalue weighted by Crippen LogP contribution is -2.40. The Morgan fingerprint density at radius 1 is 1.54 bits per heavy atom. The van der Waals surface area contributed by atoms with Crippen LogP contribution in [0.4, 0.5) is 4.39 Å². The number of alkyl halides is 1. The first-order chi connectivity index (χ1) is 6.31. The molecule has 0 aromatic carbocycles. The van der Waals surface area contributed by atoms with Gasteiger partial charge in [-0.15, -0.1) is 0 Å². The molecule has 2 saturated heterocycles. The molecule has 3 nitrogen and oxygen atoms in total. The number of aliphatic hydroxyl groups is 1. The summed E-state index contributed by atoms with van der Waals surface area (Å²) in [5, 5.41) is 12.5. The van der Waals surface area contributed by atoms with Gasteiger partial charge in [0.2, 0.25) is 0 Å². The second-order valence-electron chi connectivity index (χ2n) is 4.08. The van der Waals surface area contributed by atoms with Crippen molar-refractivity contribution in [1.29, 1.82) is 0 Å². The van der Waals surface area contributed by atoms with Crippen molar-refractivity contribution in [2.24, 2.45) is 5.92 Å². The summed E-state index contributed by atoms with van der Waals surface area (Å²) < 4.78 is 12.1. The molecule has 0 aromatic rings. The van der Waals surface area contributed by atoms with Gasteiger partial charge < -0.3 is 10.4 Å². The van der Waals surface area contributed by atoms with E-state index in [-0.39, 0.29) is 0 Å². The lowest BCUT2D eigenvalue weighted by molar-refractivity contribution is 0.0845. The lowest BCUT2D eigenvalue weighted by Gasteiger charge is -2.24. The molecule has 2 aliphatic heterocycles. The monoisotopic (exact) mass is 188 g/mol. The fraction of sp³-hybridized carbons (Fsp3) is 1.00. The molecule has 1 unspecified atom stereocenters. The second kappa shape index (κ2) is 3.90. The highest BCUT2D eigenvalue weighted by molar-refractivity contribution is 4.94. The number of halogens is 1. The molecule has 0 aliphatic carbocycles. The first-order valence-electron chi connectivity index (χ1n) is 5.00. The number of nitrogens with zero attached hydrogens (tertiary/aromatic N) is 1. The molecule has 3 atom stereocenters. The minimum absolute atomic E-state index is 0.499. The number of likely N-dealkylation sites (tertiary alicyclic amines) is 1. The number of nitrogens with one attached hydrogen (secondary N) is 1. The summed E-state index contributed by atoms with van der Waals surface area (Å²) >= 11 is 0. The molecule has 0 bridgehead atoms. The summed E-state index contributed by atoms with van der Waals surface area (Å²) in [5.74, 6) is 0.729. The second-order valence-corrected chi connectivity index (χ2v) is 4.08. The number of aliphatic hydroxyl groups excluding tert-OH is 1. The Labute approximate surface area is 77.9 Å². The Hall–Kier alpha value is -0.190. The molecule has 2 heterocycles. The number of hydrogen-bond acceptors (Lipinski definition) is 3. The van der Waals surface area contributed by atoms with Gasteiger partial charge in [-0.1, -0.05) is 0 Å². The minimum atomic E-state index is -0.792. The highest BCUT2D eigenvalue weighted by Crippen LogP contribution is 2.26. The first kappa shape index (κ1) is 9.37. The van der Waals surface area contributed by atoms with Crippen molar-refractivity contribution in [3.8, 4) is 0 Å². The Bertz CT molecular complexity index is 179. The molecule has 0 amide bonds. The highest BCUT2D eigenvalue weighted by Gasteiger charge is 2.37. The van der Waals surface area contributed by atoms with Gasteiger partial charge in [-0.25, -0.2) is 4.39 Å². The molecule has 0 saturated carbocycles. The molecule has 2 aliphatic rings. The third-order valence-corrected chi connectivity index (χ3v) is 3.18. The van der Waals surface area contributed by atoms with Crippen LogP contribution >= 0.6 is 0 Å². The topological polar surface area (TPSA) is 35.5 Å². The number of hydrogen-bond donors (Lipinski definition) is 2. The number of rotatable bonds is 3.